The molecule has 1 aromatic carbocycles. The largest absolute Gasteiger partial charge is 0.305 e. The van der Waals surface area contributed by atoms with Gasteiger partial charge in [0, 0.05) is 23.7 Å². The molecule has 0 amide bonds. The predicted molar refractivity (Wildman–Crippen MR) is 73.1 cm³/mol. The molecule has 1 aromatic heterocycles. The number of hydrogen-bond donors (Lipinski definition) is 1. The van der Waals surface area contributed by atoms with Crippen LogP contribution in [0.25, 0.3) is 0 Å². The Morgan fingerprint density at radius 2 is 2.28 bits per heavy atom. The number of nitrogens with zero attached hydrogens (tertiary/aromatic N) is 1. The number of nitrogens with one attached hydrogen (secondary N) is 1. The summed E-state index contributed by atoms with van der Waals surface area (Å²) in [6.45, 7) is 4.91. The molecular weight excluding hydrogens is 247 g/mol. The first-order chi connectivity index (χ1) is 8.69. The van der Waals surface area contributed by atoms with E-state index in [1.54, 1.807) is 23.5 Å². The van der Waals surface area contributed by atoms with Crippen LogP contribution >= 0.6 is 11.3 Å². The predicted octanol–water partition coefficient (Wildman–Crippen LogP) is 3.70. The van der Waals surface area contributed by atoms with Gasteiger partial charge in [-0.2, -0.15) is 0 Å². The van der Waals surface area contributed by atoms with E-state index in [1.807, 2.05) is 19.2 Å². The van der Waals surface area contributed by atoms with Crippen LogP contribution in [0.15, 0.2) is 30.5 Å². The normalized spacial score (nSPS) is 12.6. The minimum atomic E-state index is -0.188. The lowest BCUT2D eigenvalue weighted by atomic mass is 10.1. The van der Waals surface area contributed by atoms with Crippen molar-refractivity contribution >= 4 is 11.3 Å². The fourth-order valence-corrected chi connectivity index (χ4v) is 2.55. The van der Waals surface area contributed by atoms with Crippen LogP contribution in [-0.2, 0) is 13.0 Å². The minimum absolute atomic E-state index is 0.132. The van der Waals surface area contributed by atoms with Gasteiger partial charge in [0.15, 0.2) is 0 Å². The molecule has 0 saturated heterocycles. The molecule has 18 heavy (non-hydrogen) atoms. The quantitative estimate of drug-likeness (QED) is 0.890. The molecule has 0 radical (unpaired) electrons. The second kappa shape index (κ2) is 6.07. The summed E-state index contributed by atoms with van der Waals surface area (Å²) in [5.41, 5.74) is 0.968. The Hall–Kier alpha value is -1.26. The zero-order valence-electron chi connectivity index (χ0n) is 10.6. The lowest BCUT2D eigenvalue weighted by molar-refractivity contribution is 0.568. The maximum absolute atomic E-state index is 13.1. The minimum Gasteiger partial charge on any atom is -0.305 e. The molecular formula is C14H17FN2S. The Morgan fingerprint density at radius 1 is 1.44 bits per heavy atom. The van der Waals surface area contributed by atoms with Crippen LogP contribution in [0.4, 0.5) is 4.39 Å². The highest BCUT2D eigenvalue weighted by atomic mass is 32.1. The van der Waals surface area contributed by atoms with E-state index in [9.17, 15) is 4.39 Å². The number of aromatic nitrogens is 1. The van der Waals surface area contributed by atoms with Gasteiger partial charge in [0.05, 0.1) is 5.01 Å². The zero-order valence-corrected chi connectivity index (χ0v) is 11.4. The molecule has 1 heterocycles. The molecule has 0 aliphatic rings. The first kappa shape index (κ1) is 13.2. The molecule has 2 nitrogen and oxygen atoms in total. The van der Waals surface area contributed by atoms with Crippen molar-refractivity contribution < 1.29 is 4.39 Å². The second-order valence-corrected chi connectivity index (χ2v) is 5.43. The average molecular weight is 264 g/mol. The van der Waals surface area contributed by atoms with Gasteiger partial charge >= 0.3 is 0 Å². The Kier molecular flexibility index (Phi) is 4.44. The molecule has 0 aliphatic heterocycles. The van der Waals surface area contributed by atoms with E-state index in [2.05, 4.69) is 17.2 Å². The van der Waals surface area contributed by atoms with E-state index in [4.69, 9.17) is 0 Å². The van der Waals surface area contributed by atoms with Gasteiger partial charge in [-0.25, -0.2) is 9.37 Å². The van der Waals surface area contributed by atoms with Crippen molar-refractivity contribution in [3.63, 3.8) is 0 Å². The zero-order chi connectivity index (χ0) is 13.0. The van der Waals surface area contributed by atoms with Gasteiger partial charge in [-0.05, 0) is 31.0 Å². The van der Waals surface area contributed by atoms with Crippen LogP contribution in [0.5, 0.6) is 0 Å². The summed E-state index contributed by atoms with van der Waals surface area (Å²) in [6, 6.07) is 6.84. The van der Waals surface area contributed by atoms with Crippen molar-refractivity contribution in [2.75, 3.05) is 0 Å². The smallest absolute Gasteiger partial charge is 0.123 e. The standard InChI is InChI=1S/C14H17FN2S/c1-3-14-17-9-13(18-14)8-16-10(2)11-5-4-6-12(15)7-11/h4-7,9-10,16H,3,8H2,1-2H3/t10-/m0/s1. The Labute approximate surface area is 111 Å². The number of rotatable bonds is 5. The number of aryl methyl sites for hydroxylation is 1. The SMILES string of the molecule is CCc1ncc(CN[C@@H](C)c2cccc(F)c2)s1. The average Bonchev–Trinajstić information content (AvgIpc) is 2.84. The lowest BCUT2D eigenvalue weighted by Crippen LogP contribution is -2.17. The molecule has 0 unspecified atom stereocenters. The molecule has 0 aliphatic carbocycles. The first-order valence-electron chi connectivity index (χ1n) is 6.11. The first-order valence-corrected chi connectivity index (χ1v) is 6.93. The van der Waals surface area contributed by atoms with Gasteiger partial charge in [0.1, 0.15) is 5.82 Å². The summed E-state index contributed by atoms with van der Waals surface area (Å²) in [5, 5.41) is 4.54. The lowest BCUT2D eigenvalue weighted by Gasteiger charge is -2.13. The molecule has 1 atom stereocenters. The van der Waals surface area contributed by atoms with E-state index < -0.39 is 0 Å². The second-order valence-electron chi connectivity index (χ2n) is 4.23. The Balaban J connectivity index is 1.93. The number of benzene rings is 1. The van der Waals surface area contributed by atoms with Crippen molar-refractivity contribution in [3.05, 3.63) is 51.7 Å². The molecule has 2 rings (SSSR count). The summed E-state index contributed by atoms with van der Waals surface area (Å²) < 4.78 is 13.1. The van der Waals surface area contributed by atoms with Crippen LogP contribution in [0.1, 0.15) is 35.3 Å². The summed E-state index contributed by atoms with van der Waals surface area (Å²) in [6.07, 6.45) is 2.89. The van der Waals surface area contributed by atoms with E-state index in [0.717, 1.165) is 23.5 Å². The number of thiazole rings is 1. The van der Waals surface area contributed by atoms with Gasteiger partial charge in [-0.3, -0.25) is 0 Å². The topological polar surface area (TPSA) is 24.9 Å². The molecule has 0 bridgehead atoms. The van der Waals surface area contributed by atoms with Crippen molar-refractivity contribution in [2.45, 2.75) is 32.9 Å². The Bertz CT molecular complexity index is 510. The maximum Gasteiger partial charge on any atom is 0.123 e. The van der Waals surface area contributed by atoms with Crippen molar-refractivity contribution in [2.24, 2.45) is 0 Å². The summed E-state index contributed by atoms with van der Waals surface area (Å²) in [7, 11) is 0. The fraction of sp³-hybridized carbons (Fsp3) is 0.357. The van der Waals surface area contributed by atoms with Crippen molar-refractivity contribution in [1.29, 1.82) is 0 Å². The van der Waals surface area contributed by atoms with Gasteiger partial charge in [0.2, 0.25) is 0 Å². The van der Waals surface area contributed by atoms with Crippen molar-refractivity contribution in [1.82, 2.24) is 10.3 Å². The molecule has 1 N–H and O–H groups in total. The molecule has 4 heteroatoms. The van der Waals surface area contributed by atoms with Crippen LogP contribution in [0.3, 0.4) is 0 Å². The van der Waals surface area contributed by atoms with E-state index in [0.29, 0.717) is 0 Å². The van der Waals surface area contributed by atoms with E-state index in [-0.39, 0.29) is 11.9 Å². The van der Waals surface area contributed by atoms with Gasteiger partial charge in [-0.15, -0.1) is 11.3 Å². The summed E-state index contributed by atoms with van der Waals surface area (Å²) >= 11 is 1.73. The summed E-state index contributed by atoms with van der Waals surface area (Å²) in [5.74, 6) is -0.188. The van der Waals surface area contributed by atoms with Gasteiger partial charge < -0.3 is 5.32 Å². The highest BCUT2D eigenvalue weighted by Crippen LogP contribution is 2.17. The van der Waals surface area contributed by atoms with Crippen LogP contribution in [-0.4, -0.2) is 4.98 Å². The third-order valence-corrected chi connectivity index (χ3v) is 3.98. The van der Waals surface area contributed by atoms with Gasteiger partial charge in [-0.1, -0.05) is 19.1 Å². The van der Waals surface area contributed by atoms with Crippen LogP contribution in [0.2, 0.25) is 0 Å². The van der Waals surface area contributed by atoms with Crippen LogP contribution < -0.4 is 5.32 Å². The molecule has 0 saturated carbocycles. The monoisotopic (exact) mass is 264 g/mol. The van der Waals surface area contributed by atoms with Gasteiger partial charge in [0.25, 0.3) is 0 Å². The van der Waals surface area contributed by atoms with E-state index >= 15 is 0 Å². The van der Waals surface area contributed by atoms with E-state index in [1.165, 1.54) is 10.9 Å². The Morgan fingerprint density at radius 3 is 2.94 bits per heavy atom. The highest BCUT2D eigenvalue weighted by molar-refractivity contribution is 7.11. The molecule has 2 aromatic rings. The number of halogens is 1. The highest BCUT2D eigenvalue weighted by Gasteiger charge is 2.07. The summed E-state index contributed by atoms with van der Waals surface area (Å²) in [4.78, 5) is 5.54. The molecule has 0 spiro atoms. The molecule has 0 fully saturated rings. The third kappa shape index (κ3) is 3.37. The maximum atomic E-state index is 13.1. The molecule has 96 valence electrons. The van der Waals surface area contributed by atoms with Crippen LogP contribution in [0, 0.1) is 5.82 Å². The third-order valence-electron chi connectivity index (χ3n) is 2.84. The fourth-order valence-electron chi connectivity index (χ4n) is 1.74. The number of hydrogen-bond acceptors (Lipinski definition) is 3. The van der Waals surface area contributed by atoms with Crippen molar-refractivity contribution in [3.8, 4) is 0 Å².